The van der Waals surface area contributed by atoms with Gasteiger partial charge in [0, 0.05) is 11.2 Å². The number of carbonyl (C=O) groups excluding carboxylic acids is 1. The molecule has 2 aromatic heterocycles. The Bertz CT molecular complexity index is 798. The number of pyridine rings is 1. The predicted molar refractivity (Wildman–Crippen MR) is 82.6 cm³/mol. The maximum absolute atomic E-state index is 12.3. The minimum atomic E-state index is -0.475. The molecule has 3 aromatic rings. The van der Waals surface area contributed by atoms with Crippen LogP contribution in [0.3, 0.4) is 0 Å². The third-order valence-corrected chi connectivity index (χ3v) is 4.16. The fraction of sp³-hybridized carbons (Fsp3) is 0.0667. The monoisotopic (exact) mass is 319 g/mol. The van der Waals surface area contributed by atoms with Gasteiger partial charge in [0.15, 0.2) is 10.6 Å². The van der Waals surface area contributed by atoms with Gasteiger partial charge in [0.1, 0.15) is 10.6 Å². The van der Waals surface area contributed by atoms with Gasteiger partial charge in [0.05, 0.1) is 12.5 Å². The molecular formula is C15H10ClNO3S. The van der Waals surface area contributed by atoms with E-state index in [2.05, 4.69) is 4.98 Å². The molecule has 0 unspecified atom stereocenters. The first-order valence-corrected chi connectivity index (χ1v) is 7.27. The van der Waals surface area contributed by atoms with Crippen LogP contribution >= 0.6 is 22.9 Å². The summed E-state index contributed by atoms with van der Waals surface area (Å²) in [6, 6.07) is 10.3. The number of ether oxygens (including phenoxy) is 2. The Hall–Kier alpha value is -2.11. The molecule has 0 amide bonds. The second-order valence-corrected chi connectivity index (χ2v) is 5.60. The highest BCUT2D eigenvalue weighted by Crippen LogP contribution is 2.36. The highest BCUT2D eigenvalue weighted by atomic mass is 35.5. The summed E-state index contributed by atoms with van der Waals surface area (Å²) < 4.78 is 10.7. The van der Waals surface area contributed by atoms with Gasteiger partial charge in [-0.3, -0.25) is 0 Å². The number of methoxy groups -OCH3 is 1. The van der Waals surface area contributed by atoms with Gasteiger partial charge in [-0.2, -0.15) is 0 Å². The molecule has 0 aliphatic carbocycles. The minimum absolute atomic E-state index is 0.390. The number of benzene rings is 1. The molecule has 6 heteroatoms. The van der Waals surface area contributed by atoms with Gasteiger partial charge < -0.3 is 9.47 Å². The molecule has 2 heterocycles. The number of aromatic nitrogens is 1. The third kappa shape index (κ3) is 2.70. The Kier molecular flexibility index (Phi) is 3.77. The Labute approximate surface area is 129 Å². The van der Waals surface area contributed by atoms with Gasteiger partial charge in [-0.25, -0.2) is 9.78 Å². The van der Waals surface area contributed by atoms with Crippen molar-refractivity contribution in [3.8, 4) is 11.5 Å². The lowest BCUT2D eigenvalue weighted by Gasteiger charge is -2.04. The van der Waals surface area contributed by atoms with Gasteiger partial charge >= 0.3 is 5.97 Å². The summed E-state index contributed by atoms with van der Waals surface area (Å²) in [6.45, 7) is 0. The van der Waals surface area contributed by atoms with Crippen molar-refractivity contribution in [1.29, 1.82) is 0 Å². The maximum Gasteiger partial charge on any atom is 0.357 e. The predicted octanol–water partition coefficient (Wildman–Crippen LogP) is 4.18. The maximum atomic E-state index is 12.3. The second-order valence-electron chi connectivity index (χ2n) is 4.16. The number of hydrogen-bond acceptors (Lipinski definition) is 5. The smallest absolute Gasteiger partial charge is 0.357 e. The van der Waals surface area contributed by atoms with E-state index < -0.39 is 5.97 Å². The number of carbonyl (C=O) groups is 1. The number of halogens is 1. The first-order valence-electron chi connectivity index (χ1n) is 6.08. The highest BCUT2D eigenvalue weighted by Gasteiger charge is 2.21. The van der Waals surface area contributed by atoms with Crippen LogP contribution in [-0.2, 0) is 0 Å². The van der Waals surface area contributed by atoms with Crippen molar-refractivity contribution < 1.29 is 14.3 Å². The van der Waals surface area contributed by atoms with Crippen molar-refractivity contribution >= 4 is 39.1 Å². The quantitative estimate of drug-likeness (QED) is 0.537. The lowest BCUT2D eigenvalue weighted by Crippen LogP contribution is -2.07. The van der Waals surface area contributed by atoms with Crippen LogP contribution in [0.1, 0.15) is 9.67 Å². The van der Waals surface area contributed by atoms with E-state index in [-0.39, 0.29) is 0 Å². The molecule has 0 saturated heterocycles. The van der Waals surface area contributed by atoms with Crippen LogP contribution in [0, 0.1) is 0 Å². The van der Waals surface area contributed by atoms with Crippen molar-refractivity contribution in [3.05, 3.63) is 52.5 Å². The lowest BCUT2D eigenvalue weighted by molar-refractivity contribution is 0.0737. The van der Waals surface area contributed by atoms with Crippen molar-refractivity contribution in [2.75, 3.05) is 7.11 Å². The lowest BCUT2D eigenvalue weighted by atomic mass is 10.3. The van der Waals surface area contributed by atoms with Crippen LogP contribution in [0.15, 0.2) is 42.6 Å². The molecule has 21 heavy (non-hydrogen) atoms. The average Bonchev–Trinajstić information content (AvgIpc) is 2.88. The van der Waals surface area contributed by atoms with Crippen molar-refractivity contribution in [3.63, 3.8) is 0 Å². The molecular weight excluding hydrogens is 310 g/mol. The number of thiophene rings is 1. The van der Waals surface area contributed by atoms with E-state index in [1.807, 2.05) is 6.07 Å². The molecule has 0 saturated carbocycles. The van der Waals surface area contributed by atoms with E-state index in [9.17, 15) is 4.79 Å². The van der Waals surface area contributed by atoms with Crippen LogP contribution in [0.25, 0.3) is 10.2 Å². The molecule has 0 atom stereocenters. The van der Waals surface area contributed by atoms with E-state index in [1.54, 1.807) is 36.5 Å². The zero-order valence-electron chi connectivity index (χ0n) is 11.0. The summed E-state index contributed by atoms with van der Waals surface area (Å²) in [6.07, 6.45) is 1.67. The standard InChI is InChI=1S/C15H10ClNO3S/c1-19-12-11-3-2-8-17-14(11)21-13(12)15(18)20-10-6-4-9(16)5-7-10/h2-8H,1H3. The summed E-state index contributed by atoms with van der Waals surface area (Å²) >= 11 is 7.04. The summed E-state index contributed by atoms with van der Waals surface area (Å²) in [4.78, 5) is 17.6. The Morgan fingerprint density at radius 1 is 1.24 bits per heavy atom. The van der Waals surface area contributed by atoms with Gasteiger partial charge in [0.2, 0.25) is 0 Å². The van der Waals surface area contributed by atoms with Crippen LogP contribution in [0.5, 0.6) is 11.5 Å². The van der Waals surface area contributed by atoms with Crippen molar-refractivity contribution in [2.24, 2.45) is 0 Å². The SMILES string of the molecule is COc1c(C(=O)Oc2ccc(Cl)cc2)sc2ncccc12. The van der Waals surface area contributed by atoms with E-state index >= 15 is 0 Å². The number of esters is 1. The largest absolute Gasteiger partial charge is 0.494 e. The molecule has 0 radical (unpaired) electrons. The van der Waals surface area contributed by atoms with Crippen LogP contribution in [0.4, 0.5) is 0 Å². The van der Waals surface area contributed by atoms with Crippen LogP contribution < -0.4 is 9.47 Å². The summed E-state index contributed by atoms with van der Waals surface area (Å²) in [5.74, 6) is 0.441. The average molecular weight is 320 g/mol. The minimum Gasteiger partial charge on any atom is -0.494 e. The topological polar surface area (TPSA) is 48.4 Å². The van der Waals surface area contributed by atoms with Gasteiger partial charge in [-0.15, -0.1) is 11.3 Å². The number of rotatable bonds is 3. The van der Waals surface area contributed by atoms with Gasteiger partial charge in [-0.1, -0.05) is 11.6 Å². The first-order chi connectivity index (χ1) is 10.2. The molecule has 106 valence electrons. The number of fused-ring (bicyclic) bond motifs is 1. The molecule has 0 aliphatic heterocycles. The molecule has 3 rings (SSSR count). The summed E-state index contributed by atoms with van der Waals surface area (Å²) in [5, 5.41) is 1.38. The van der Waals surface area contributed by atoms with Crippen molar-refractivity contribution in [1.82, 2.24) is 4.98 Å². The number of hydrogen-bond donors (Lipinski definition) is 0. The van der Waals surface area contributed by atoms with E-state index in [1.165, 1.54) is 18.4 Å². The summed E-state index contributed by atoms with van der Waals surface area (Å²) in [5.41, 5.74) is 0. The van der Waals surface area contributed by atoms with Crippen molar-refractivity contribution in [2.45, 2.75) is 0 Å². The molecule has 0 fully saturated rings. The fourth-order valence-corrected chi connectivity index (χ4v) is 3.02. The molecule has 0 aliphatic rings. The molecule has 4 nitrogen and oxygen atoms in total. The van der Waals surface area contributed by atoms with Crippen LogP contribution in [0.2, 0.25) is 5.02 Å². The normalized spacial score (nSPS) is 10.6. The summed E-state index contributed by atoms with van der Waals surface area (Å²) in [7, 11) is 1.52. The zero-order chi connectivity index (χ0) is 14.8. The molecule has 0 N–H and O–H groups in total. The Morgan fingerprint density at radius 2 is 2.00 bits per heavy atom. The fourth-order valence-electron chi connectivity index (χ4n) is 1.90. The molecule has 0 spiro atoms. The zero-order valence-corrected chi connectivity index (χ0v) is 12.6. The third-order valence-electron chi connectivity index (χ3n) is 2.83. The second kappa shape index (κ2) is 5.71. The molecule has 1 aromatic carbocycles. The Balaban J connectivity index is 1.95. The highest BCUT2D eigenvalue weighted by molar-refractivity contribution is 7.20. The van der Waals surface area contributed by atoms with Gasteiger partial charge in [-0.05, 0) is 36.4 Å². The number of nitrogens with zero attached hydrogens (tertiary/aromatic N) is 1. The first kappa shape index (κ1) is 13.9. The van der Waals surface area contributed by atoms with E-state index in [4.69, 9.17) is 21.1 Å². The van der Waals surface area contributed by atoms with Crippen LogP contribution in [-0.4, -0.2) is 18.1 Å². The van der Waals surface area contributed by atoms with E-state index in [0.29, 0.717) is 21.4 Å². The van der Waals surface area contributed by atoms with Gasteiger partial charge in [0.25, 0.3) is 0 Å². The molecule has 0 bridgehead atoms. The Morgan fingerprint density at radius 3 is 2.71 bits per heavy atom. The van der Waals surface area contributed by atoms with E-state index in [0.717, 1.165) is 10.2 Å².